The molecule has 0 radical (unpaired) electrons. The van der Waals surface area contributed by atoms with Crippen LogP contribution in [0.15, 0.2) is 6.33 Å². The third-order valence-corrected chi connectivity index (χ3v) is 4.29. The summed E-state index contributed by atoms with van der Waals surface area (Å²) in [5.74, 6) is -0.893. The Balaban J connectivity index is 0.000000918. The van der Waals surface area contributed by atoms with E-state index in [-0.39, 0.29) is 12.9 Å². The van der Waals surface area contributed by atoms with Gasteiger partial charge in [0.2, 0.25) is 0 Å². The van der Waals surface area contributed by atoms with Crippen molar-refractivity contribution >= 4 is 18.9 Å². The van der Waals surface area contributed by atoms with Crippen LogP contribution in [0.25, 0.3) is 0 Å². The number of hydrogen-bond acceptors (Lipinski definition) is 6. The van der Waals surface area contributed by atoms with E-state index in [0.717, 1.165) is 17.8 Å². The van der Waals surface area contributed by atoms with E-state index in [9.17, 15) is 15.0 Å². The van der Waals surface area contributed by atoms with Crippen molar-refractivity contribution in [3.05, 3.63) is 17.7 Å². The van der Waals surface area contributed by atoms with Gasteiger partial charge in [0.15, 0.2) is 0 Å². The number of rotatable bonds is 5. The monoisotopic (exact) mass is 373 g/mol. The van der Waals surface area contributed by atoms with Crippen LogP contribution in [-0.4, -0.2) is 73.4 Å². The number of aromatic amines is 1. The minimum atomic E-state index is -1.04. The van der Waals surface area contributed by atoms with Gasteiger partial charge in [-0.05, 0) is 19.8 Å². The third kappa shape index (κ3) is 6.45. The van der Waals surface area contributed by atoms with Crippen LogP contribution in [0.3, 0.4) is 0 Å². The predicted octanol–water partition coefficient (Wildman–Crippen LogP) is 0.557. The number of aliphatic carboxylic acids is 1. The molecule has 5 N–H and O–H groups in total. The summed E-state index contributed by atoms with van der Waals surface area (Å²) in [6, 6.07) is 0. The highest BCUT2D eigenvalue weighted by Crippen LogP contribution is 2.36. The molecule has 148 valence electrons. The van der Waals surface area contributed by atoms with Crippen LogP contribution in [0.4, 0.5) is 0 Å². The minimum Gasteiger partial charge on any atom is -0.483 e. The number of likely N-dealkylation sites (tertiary alicyclic amines) is 1. The van der Waals surface area contributed by atoms with Crippen molar-refractivity contribution in [3.8, 4) is 0 Å². The molecule has 10 heteroatoms. The van der Waals surface area contributed by atoms with Gasteiger partial charge in [-0.1, -0.05) is 13.3 Å². The number of H-pyrrole nitrogens is 1. The number of aliphatic hydroxyl groups is 1. The molecule has 0 amide bonds. The van der Waals surface area contributed by atoms with Crippen molar-refractivity contribution in [2.75, 3.05) is 13.1 Å². The predicted molar refractivity (Wildman–Crippen MR) is 91.6 cm³/mol. The molecule has 26 heavy (non-hydrogen) atoms. The molecule has 1 aromatic heterocycles. The van der Waals surface area contributed by atoms with E-state index in [0.29, 0.717) is 32.5 Å². The standard InChI is InChI=1S/C14H23N3O3.2CH2O2/c1-3-5-14(13(19)20)8-17(6-4-12(14)18)7-11-10(2)15-9-16-11;2*2-1-3/h9,12,18H,3-8H2,1-2H3,(H,15,16)(H,19,20);2*1H,(H,2,3)/t12-,14+;;/m0../s1. The summed E-state index contributed by atoms with van der Waals surface area (Å²) in [6.07, 6.45) is 2.63. The number of carboxylic acid groups (broad SMARTS) is 3. The fourth-order valence-electron chi connectivity index (χ4n) is 3.07. The SMILES string of the molecule is CCC[C@@]1(C(=O)O)CN(Cc2nc[nH]c2C)CC[C@@H]1O.O=CO.O=CO. The molecule has 0 aliphatic carbocycles. The van der Waals surface area contributed by atoms with Gasteiger partial charge in [0, 0.05) is 25.3 Å². The van der Waals surface area contributed by atoms with Crippen LogP contribution in [0.5, 0.6) is 0 Å². The molecule has 10 nitrogen and oxygen atoms in total. The van der Waals surface area contributed by atoms with E-state index in [2.05, 4.69) is 14.9 Å². The first-order valence-electron chi connectivity index (χ1n) is 8.11. The number of carbonyl (C=O) groups is 3. The highest BCUT2D eigenvalue weighted by Gasteiger charge is 2.48. The summed E-state index contributed by atoms with van der Waals surface area (Å²) in [7, 11) is 0. The molecule has 2 rings (SSSR count). The lowest BCUT2D eigenvalue weighted by atomic mass is 9.74. The third-order valence-electron chi connectivity index (χ3n) is 4.29. The number of hydrogen-bond donors (Lipinski definition) is 5. The number of piperidine rings is 1. The Kier molecular flexibility index (Phi) is 10.9. The molecule has 1 aromatic rings. The summed E-state index contributed by atoms with van der Waals surface area (Å²) in [5, 5.41) is 33.5. The lowest BCUT2D eigenvalue weighted by Gasteiger charge is -2.43. The van der Waals surface area contributed by atoms with Gasteiger partial charge in [-0.25, -0.2) is 4.98 Å². The average molecular weight is 373 g/mol. The Bertz CT molecular complexity index is 558. The number of aromatic nitrogens is 2. The summed E-state index contributed by atoms with van der Waals surface area (Å²) in [4.78, 5) is 37.8. The van der Waals surface area contributed by atoms with Crippen molar-refractivity contribution < 1.29 is 34.8 Å². The highest BCUT2D eigenvalue weighted by atomic mass is 16.4. The summed E-state index contributed by atoms with van der Waals surface area (Å²) in [6.45, 7) is 5.11. The Labute approximate surface area is 151 Å². The van der Waals surface area contributed by atoms with Gasteiger partial charge in [-0.2, -0.15) is 0 Å². The zero-order valence-electron chi connectivity index (χ0n) is 15.0. The molecule has 1 aliphatic heterocycles. The molecule has 0 bridgehead atoms. The average Bonchev–Trinajstić information content (AvgIpc) is 2.97. The Morgan fingerprint density at radius 2 is 2.00 bits per heavy atom. The number of imidazole rings is 1. The minimum absolute atomic E-state index is 0.250. The molecule has 0 saturated carbocycles. The summed E-state index contributed by atoms with van der Waals surface area (Å²) < 4.78 is 0. The van der Waals surface area contributed by atoms with E-state index < -0.39 is 17.5 Å². The molecule has 1 aliphatic rings. The van der Waals surface area contributed by atoms with Gasteiger partial charge in [-0.15, -0.1) is 0 Å². The van der Waals surface area contributed by atoms with Crippen LogP contribution >= 0.6 is 0 Å². The zero-order valence-corrected chi connectivity index (χ0v) is 15.0. The van der Waals surface area contributed by atoms with Gasteiger partial charge >= 0.3 is 5.97 Å². The van der Waals surface area contributed by atoms with Crippen molar-refractivity contribution in [2.24, 2.45) is 5.41 Å². The molecule has 2 heterocycles. The van der Waals surface area contributed by atoms with Crippen molar-refractivity contribution in [1.82, 2.24) is 14.9 Å². The van der Waals surface area contributed by atoms with Gasteiger partial charge in [0.1, 0.15) is 5.41 Å². The Morgan fingerprint density at radius 3 is 2.42 bits per heavy atom. The van der Waals surface area contributed by atoms with E-state index in [4.69, 9.17) is 19.8 Å². The van der Waals surface area contributed by atoms with Gasteiger partial charge in [0.25, 0.3) is 12.9 Å². The molecule has 1 fully saturated rings. The number of carboxylic acids is 1. The van der Waals surface area contributed by atoms with Crippen LogP contribution in [0.1, 0.15) is 37.6 Å². The van der Waals surface area contributed by atoms with Crippen molar-refractivity contribution in [2.45, 2.75) is 45.8 Å². The van der Waals surface area contributed by atoms with Crippen LogP contribution in [0.2, 0.25) is 0 Å². The number of nitrogens with zero attached hydrogens (tertiary/aromatic N) is 2. The molecule has 2 atom stereocenters. The molecular formula is C16H27N3O7. The quantitative estimate of drug-likeness (QED) is 0.464. The first kappa shape index (κ1) is 23.5. The normalized spacial score (nSPS) is 22.2. The molecule has 1 saturated heterocycles. The second kappa shape index (κ2) is 12.0. The molecule has 0 aromatic carbocycles. The smallest absolute Gasteiger partial charge is 0.313 e. The fraction of sp³-hybridized carbons (Fsp3) is 0.625. The first-order valence-corrected chi connectivity index (χ1v) is 8.11. The molecule has 0 spiro atoms. The lowest BCUT2D eigenvalue weighted by Crippen LogP contribution is -2.55. The van der Waals surface area contributed by atoms with E-state index >= 15 is 0 Å². The van der Waals surface area contributed by atoms with Gasteiger partial charge in [0.05, 0.1) is 18.1 Å². The van der Waals surface area contributed by atoms with Gasteiger partial charge < -0.3 is 25.4 Å². The Morgan fingerprint density at radius 1 is 1.42 bits per heavy atom. The maximum absolute atomic E-state index is 11.7. The Hall–Kier alpha value is -2.46. The summed E-state index contributed by atoms with van der Waals surface area (Å²) in [5.41, 5.74) is 0.904. The van der Waals surface area contributed by atoms with E-state index in [1.807, 2.05) is 13.8 Å². The number of nitrogens with one attached hydrogen (secondary N) is 1. The van der Waals surface area contributed by atoms with Crippen molar-refractivity contribution in [3.63, 3.8) is 0 Å². The molecular weight excluding hydrogens is 346 g/mol. The molecule has 0 unspecified atom stereocenters. The fourth-order valence-corrected chi connectivity index (χ4v) is 3.07. The highest BCUT2D eigenvalue weighted by molar-refractivity contribution is 5.76. The van der Waals surface area contributed by atoms with E-state index in [1.54, 1.807) is 6.33 Å². The van der Waals surface area contributed by atoms with E-state index in [1.165, 1.54) is 0 Å². The summed E-state index contributed by atoms with van der Waals surface area (Å²) >= 11 is 0. The number of aliphatic hydroxyl groups excluding tert-OH is 1. The van der Waals surface area contributed by atoms with Gasteiger partial charge in [-0.3, -0.25) is 19.3 Å². The first-order chi connectivity index (χ1) is 12.3. The maximum Gasteiger partial charge on any atom is 0.313 e. The zero-order chi connectivity index (χ0) is 20.2. The number of aryl methyl sites for hydroxylation is 1. The van der Waals surface area contributed by atoms with Crippen LogP contribution in [0, 0.1) is 12.3 Å². The largest absolute Gasteiger partial charge is 0.483 e. The lowest BCUT2D eigenvalue weighted by molar-refractivity contribution is -0.164. The second-order valence-electron chi connectivity index (χ2n) is 5.91. The topological polar surface area (TPSA) is 164 Å². The van der Waals surface area contributed by atoms with Crippen LogP contribution < -0.4 is 0 Å². The maximum atomic E-state index is 11.7. The van der Waals surface area contributed by atoms with Crippen molar-refractivity contribution in [1.29, 1.82) is 0 Å². The second-order valence-corrected chi connectivity index (χ2v) is 5.91. The van der Waals surface area contributed by atoms with Crippen LogP contribution in [-0.2, 0) is 20.9 Å².